The lowest BCUT2D eigenvalue weighted by Gasteiger charge is -2.24. The molecule has 7 heteroatoms. The van der Waals surface area contributed by atoms with Gasteiger partial charge in [0.2, 0.25) is 11.9 Å². The number of amides is 1. The van der Waals surface area contributed by atoms with E-state index in [0.29, 0.717) is 18.9 Å². The Labute approximate surface area is 142 Å². The van der Waals surface area contributed by atoms with Crippen LogP contribution in [0.25, 0.3) is 0 Å². The third-order valence-electron chi connectivity index (χ3n) is 4.27. The van der Waals surface area contributed by atoms with Gasteiger partial charge in [-0.25, -0.2) is 9.97 Å². The molecule has 1 amide bonds. The number of aromatic nitrogens is 4. The summed E-state index contributed by atoms with van der Waals surface area (Å²) in [6, 6.07) is 2.05. The Kier molecular flexibility index (Phi) is 5.40. The van der Waals surface area contributed by atoms with Crippen LogP contribution in [0.2, 0.25) is 0 Å². The van der Waals surface area contributed by atoms with Gasteiger partial charge in [0, 0.05) is 38.1 Å². The normalized spacial score (nSPS) is 17.2. The number of rotatable bonds is 7. The minimum absolute atomic E-state index is 0.233. The van der Waals surface area contributed by atoms with Crippen molar-refractivity contribution in [3.63, 3.8) is 0 Å². The first kappa shape index (κ1) is 16.4. The molecule has 3 rings (SSSR count). The molecule has 1 atom stereocenters. The summed E-state index contributed by atoms with van der Waals surface area (Å²) in [6.07, 6.45) is 10.8. The standard InChI is InChI=1S/C17H24N6O/c1-14-11-21-22(12-14)13-15-5-3-10-23(15)16(24)6-2-7-18-17-19-8-4-9-20-17/h4,8-9,11-12,15H,2-3,5-7,10,13H2,1H3,(H,18,19,20)/t15-/m1/s1. The minimum Gasteiger partial charge on any atom is -0.354 e. The van der Waals surface area contributed by atoms with E-state index in [0.717, 1.165) is 37.9 Å². The van der Waals surface area contributed by atoms with Crippen LogP contribution in [-0.2, 0) is 11.3 Å². The molecule has 0 aliphatic carbocycles. The number of nitrogens with zero attached hydrogens (tertiary/aromatic N) is 5. The van der Waals surface area contributed by atoms with E-state index in [-0.39, 0.29) is 11.9 Å². The molecule has 1 aliphatic heterocycles. The van der Waals surface area contributed by atoms with Gasteiger partial charge in [-0.1, -0.05) is 0 Å². The van der Waals surface area contributed by atoms with E-state index >= 15 is 0 Å². The number of hydrogen-bond acceptors (Lipinski definition) is 5. The summed E-state index contributed by atoms with van der Waals surface area (Å²) >= 11 is 0. The highest BCUT2D eigenvalue weighted by atomic mass is 16.2. The number of aryl methyl sites for hydroxylation is 1. The highest BCUT2D eigenvalue weighted by molar-refractivity contribution is 5.76. The highest BCUT2D eigenvalue weighted by Crippen LogP contribution is 2.20. The number of carbonyl (C=O) groups is 1. The Morgan fingerprint density at radius 1 is 1.38 bits per heavy atom. The van der Waals surface area contributed by atoms with Crippen molar-refractivity contribution in [2.45, 2.75) is 45.2 Å². The van der Waals surface area contributed by atoms with Crippen molar-refractivity contribution in [3.8, 4) is 0 Å². The number of anilines is 1. The van der Waals surface area contributed by atoms with E-state index in [4.69, 9.17) is 0 Å². The van der Waals surface area contributed by atoms with Gasteiger partial charge in [-0.05, 0) is 37.8 Å². The summed E-state index contributed by atoms with van der Waals surface area (Å²) in [5.74, 6) is 0.843. The van der Waals surface area contributed by atoms with Gasteiger partial charge in [0.05, 0.1) is 18.8 Å². The second kappa shape index (κ2) is 7.90. The van der Waals surface area contributed by atoms with Crippen molar-refractivity contribution in [2.75, 3.05) is 18.4 Å². The molecule has 0 bridgehead atoms. The third kappa shape index (κ3) is 4.31. The largest absolute Gasteiger partial charge is 0.354 e. The molecule has 0 saturated carbocycles. The van der Waals surface area contributed by atoms with Crippen LogP contribution in [0.4, 0.5) is 5.95 Å². The zero-order chi connectivity index (χ0) is 16.8. The number of carbonyl (C=O) groups excluding carboxylic acids is 1. The van der Waals surface area contributed by atoms with Gasteiger partial charge < -0.3 is 10.2 Å². The predicted molar refractivity (Wildman–Crippen MR) is 91.5 cm³/mol. The van der Waals surface area contributed by atoms with E-state index in [1.807, 2.05) is 28.9 Å². The zero-order valence-corrected chi connectivity index (χ0v) is 14.1. The third-order valence-corrected chi connectivity index (χ3v) is 4.27. The molecule has 0 unspecified atom stereocenters. The van der Waals surface area contributed by atoms with Crippen LogP contribution in [0.1, 0.15) is 31.2 Å². The van der Waals surface area contributed by atoms with Crippen molar-refractivity contribution >= 4 is 11.9 Å². The van der Waals surface area contributed by atoms with Crippen LogP contribution in [-0.4, -0.2) is 49.7 Å². The van der Waals surface area contributed by atoms with Gasteiger partial charge in [0.15, 0.2) is 0 Å². The summed E-state index contributed by atoms with van der Waals surface area (Å²) in [7, 11) is 0. The van der Waals surface area contributed by atoms with Crippen molar-refractivity contribution in [1.29, 1.82) is 0 Å². The van der Waals surface area contributed by atoms with Gasteiger partial charge in [-0.3, -0.25) is 9.48 Å². The molecule has 0 spiro atoms. The van der Waals surface area contributed by atoms with Crippen molar-refractivity contribution in [3.05, 3.63) is 36.4 Å². The van der Waals surface area contributed by atoms with Crippen molar-refractivity contribution in [2.24, 2.45) is 0 Å². The maximum atomic E-state index is 12.5. The number of likely N-dealkylation sites (tertiary alicyclic amines) is 1. The smallest absolute Gasteiger partial charge is 0.222 e. The zero-order valence-electron chi connectivity index (χ0n) is 14.1. The molecular formula is C17H24N6O. The first-order chi connectivity index (χ1) is 11.7. The van der Waals surface area contributed by atoms with E-state index in [1.165, 1.54) is 0 Å². The highest BCUT2D eigenvalue weighted by Gasteiger charge is 2.28. The summed E-state index contributed by atoms with van der Waals surface area (Å²) < 4.78 is 1.94. The molecule has 1 N–H and O–H groups in total. The first-order valence-electron chi connectivity index (χ1n) is 8.52. The van der Waals surface area contributed by atoms with Gasteiger partial charge >= 0.3 is 0 Å². The van der Waals surface area contributed by atoms with Gasteiger partial charge in [0.25, 0.3) is 0 Å². The predicted octanol–water partition coefficient (Wildman–Crippen LogP) is 1.86. The quantitative estimate of drug-likeness (QED) is 0.785. The Balaban J connectivity index is 1.43. The lowest BCUT2D eigenvalue weighted by molar-refractivity contribution is -0.132. The van der Waals surface area contributed by atoms with Crippen molar-refractivity contribution in [1.82, 2.24) is 24.6 Å². The monoisotopic (exact) mass is 328 g/mol. The van der Waals surface area contributed by atoms with Crippen molar-refractivity contribution < 1.29 is 4.79 Å². The lowest BCUT2D eigenvalue weighted by atomic mass is 10.2. The summed E-state index contributed by atoms with van der Waals surface area (Å²) in [4.78, 5) is 22.7. The molecule has 2 aromatic rings. The maximum absolute atomic E-state index is 12.5. The van der Waals surface area contributed by atoms with Gasteiger partial charge in [0.1, 0.15) is 0 Å². The van der Waals surface area contributed by atoms with Crippen LogP contribution < -0.4 is 5.32 Å². The van der Waals surface area contributed by atoms with Gasteiger partial charge in [-0.2, -0.15) is 5.10 Å². The molecule has 1 aliphatic rings. The van der Waals surface area contributed by atoms with Crippen LogP contribution in [0.3, 0.4) is 0 Å². The topological polar surface area (TPSA) is 75.9 Å². The Morgan fingerprint density at radius 3 is 2.96 bits per heavy atom. The second-order valence-corrected chi connectivity index (χ2v) is 6.23. The fraction of sp³-hybridized carbons (Fsp3) is 0.529. The van der Waals surface area contributed by atoms with Crippen LogP contribution in [0.15, 0.2) is 30.9 Å². The van der Waals surface area contributed by atoms with E-state index in [1.54, 1.807) is 18.5 Å². The SMILES string of the molecule is Cc1cnn(C[C@H]2CCCN2C(=O)CCCNc2ncccn2)c1. The summed E-state index contributed by atoms with van der Waals surface area (Å²) in [5, 5.41) is 7.47. The molecule has 1 saturated heterocycles. The fourth-order valence-corrected chi connectivity index (χ4v) is 3.11. The second-order valence-electron chi connectivity index (χ2n) is 6.23. The van der Waals surface area contributed by atoms with E-state index in [9.17, 15) is 4.79 Å². The van der Waals surface area contributed by atoms with Crippen LogP contribution in [0, 0.1) is 6.92 Å². The van der Waals surface area contributed by atoms with E-state index < -0.39 is 0 Å². The number of hydrogen-bond donors (Lipinski definition) is 1. The average molecular weight is 328 g/mol. The molecule has 7 nitrogen and oxygen atoms in total. The summed E-state index contributed by atoms with van der Waals surface area (Å²) in [5.41, 5.74) is 1.15. The molecule has 24 heavy (non-hydrogen) atoms. The molecule has 1 fully saturated rings. The Bertz CT molecular complexity index is 656. The van der Waals surface area contributed by atoms with Crippen LogP contribution >= 0.6 is 0 Å². The van der Waals surface area contributed by atoms with E-state index in [2.05, 4.69) is 20.4 Å². The fourth-order valence-electron chi connectivity index (χ4n) is 3.11. The Morgan fingerprint density at radius 2 is 2.21 bits per heavy atom. The molecule has 0 radical (unpaired) electrons. The molecular weight excluding hydrogens is 304 g/mol. The average Bonchev–Trinajstić information content (AvgIpc) is 3.22. The molecule has 2 aromatic heterocycles. The van der Waals surface area contributed by atoms with Crippen LogP contribution in [0.5, 0.6) is 0 Å². The lowest BCUT2D eigenvalue weighted by Crippen LogP contribution is -2.38. The molecule has 0 aromatic carbocycles. The first-order valence-corrected chi connectivity index (χ1v) is 8.52. The maximum Gasteiger partial charge on any atom is 0.222 e. The molecule has 3 heterocycles. The summed E-state index contributed by atoms with van der Waals surface area (Å²) in [6.45, 7) is 4.38. The Hall–Kier alpha value is -2.44. The minimum atomic E-state index is 0.233. The molecule has 128 valence electrons. The number of nitrogens with one attached hydrogen (secondary N) is 1. The van der Waals surface area contributed by atoms with Gasteiger partial charge in [-0.15, -0.1) is 0 Å².